The third kappa shape index (κ3) is 3.51. The lowest BCUT2D eigenvalue weighted by Crippen LogP contribution is -2.34. The van der Waals surface area contributed by atoms with E-state index in [4.69, 9.17) is 9.47 Å². The Balaban J connectivity index is 1.38. The summed E-state index contributed by atoms with van der Waals surface area (Å²) in [5, 5.41) is 3.71. The summed E-state index contributed by atoms with van der Waals surface area (Å²) < 4.78 is 50.9. The number of likely N-dealkylation sites (tertiary alicyclic amines) is 1. The number of hydrogen-bond donors (Lipinski definition) is 0. The highest BCUT2D eigenvalue weighted by molar-refractivity contribution is 5.47. The van der Waals surface area contributed by atoms with Crippen LogP contribution in [-0.4, -0.2) is 41.0 Å². The van der Waals surface area contributed by atoms with Crippen LogP contribution >= 0.6 is 0 Å². The van der Waals surface area contributed by atoms with Gasteiger partial charge in [0.1, 0.15) is 13.2 Å². The second-order valence-electron chi connectivity index (χ2n) is 6.63. The predicted molar refractivity (Wildman–Crippen MR) is 88.2 cm³/mol. The van der Waals surface area contributed by atoms with Crippen molar-refractivity contribution in [2.24, 2.45) is 0 Å². The molecule has 1 fully saturated rings. The highest BCUT2D eigenvalue weighted by atomic mass is 19.4. The summed E-state index contributed by atoms with van der Waals surface area (Å²) in [6, 6.07) is 6.94. The molecule has 3 heterocycles. The molecule has 0 saturated carbocycles. The number of ether oxygens (including phenoxy) is 2. The van der Waals surface area contributed by atoms with Crippen LogP contribution in [0.15, 0.2) is 30.5 Å². The van der Waals surface area contributed by atoms with Gasteiger partial charge >= 0.3 is 6.18 Å². The third-order valence-corrected chi connectivity index (χ3v) is 4.87. The third-order valence-electron chi connectivity index (χ3n) is 4.87. The lowest BCUT2D eigenvalue weighted by atomic mass is 10.0. The first-order chi connectivity index (χ1) is 12.5. The number of hydrogen-bond acceptors (Lipinski definition) is 4. The van der Waals surface area contributed by atoms with Gasteiger partial charge in [0.2, 0.25) is 0 Å². The molecule has 0 bridgehead atoms. The van der Waals surface area contributed by atoms with E-state index in [2.05, 4.69) is 10.00 Å². The maximum absolute atomic E-state index is 12.7. The van der Waals surface area contributed by atoms with Crippen LogP contribution in [0.5, 0.6) is 11.5 Å². The minimum Gasteiger partial charge on any atom is -0.486 e. The van der Waals surface area contributed by atoms with Gasteiger partial charge in [-0.15, -0.1) is 0 Å². The van der Waals surface area contributed by atoms with Crippen LogP contribution in [0.4, 0.5) is 13.2 Å². The van der Waals surface area contributed by atoms with Crippen molar-refractivity contribution >= 4 is 0 Å². The van der Waals surface area contributed by atoms with Gasteiger partial charge in [0.05, 0.1) is 6.04 Å². The molecule has 0 atom stereocenters. The predicted octanol–water partition coefficient (Wildman–Crippen LogP) is 3.51. The zero-order chi connectivity index (χ0) is 18.1. The minimum absolute atomic E-state index is 0.00613. The molecule has 26 heavy (non-hydrogen) atoms. The van der Waals surface area contributed by atoms with E-state index in [1.165, 1.54) is 10.9 Å². The monoisotopic (exact) mass is 367 g/mol. The van der Waals surface area contributed by atoms with Gasteiger partial charge in [-0.25, -0.2) is 0 Å². The lowest BCUT2D eigenvalue weighted by Gasteiger charge is -2.33. The van der Waals surface area contributed by atoms with Crippen LogP contribution in [-0.2, 0) is 12.7 Å². The zero-order valence-corrected chi connectivity index (χ0v) is 14.2. The van der Waals surface area contributed by atoms with E-state index in [-0.39, 0.29) is 6.04 Å². The average molecular weight is 367 g/mol. The molecule has 0 spiro atoms. The van der Waals surface area contributed by atoms with E-state index < -0.39 is 11.9 Å². The fraction of sp³-hybridized carbons (Fsp3) is 0.500. The van der Waals surface area contributed by atoms with Crippen molar-refractivity contribution in [3.05, 3.63) is 41.7 Å². The van der Waals surface area contributed by atoms with Crippen molar-refractivity contribution < 1.29 is 22.6 Å². The van der Waals surface area contributed by atoms with Crippen molar-refractivity contribution in [1.82, 2.24) is 14.7 Å². The Hall–Kier alpha value is -2.22. The lowest BCUT2D eigenvalue weighted by molar-refractivity contribution is -0.141. The molecule has 0 N–H and O–H groups in total. The van der Waals surface area contributed by atoms with Crippen LogP contribution in [0.25, 0.3) is 0 Å². The van der Waals surface area contributed by atoms with Gasteiger partial charge in [0.25, 0.3) is 0 Å². The van der Waals surface area contributed by atoms with Crippen molar-refractivity contribution in [3.63, 3.8) is 0 Å². The summed E-state index contributed by atoms with van der Waals surface area (Å²) in [5.41, 5.74) is 0.257. The molecule has 1 saturated heterocycles. The Labute approximate surface area is 149 Å². The summed E-state index contributed by atoms with van der Waals surface area (Å²) in [4.78, 5) is 2.29. The van der Waals surface area contributed by atoms with Crippen molar-refractivity contribution in [2.75, 3.05) is 26.3 Å². The Bertz CT molecular complexity index is 767. The van der Waals surface area contributed by atoms with E-state index >= 15 is 0 Å². The molecule has 5 nitrogen and oxygen atoms in total. The van der Waals surface area contributed by atoms with E-state index in [1.807, 2.05) is 18.2 Å². The fourth-order valence-corrected chi connectivity index (χ4v) is 3.53. The quantitative estimate of drug-likeness (QED) is 0.832. The smallest absolute Gasteiger partial charge is 0.435 e. The van der Waals surface area contributed by atoms with E-state index in [1.54, 1.807) is 0 Å². The summed E-state index contributed by atoms with van der Waals surface area (Å²) >= 11 is 0. The Morgan fingerprint density at radius 1 is 1.08 bits per heavy atom. The number of piperidine rings is 1. The molecule has 8 heteroatoms. The number of halogens is 3. The first-order valence-corrected chi connectivity index (χ1v) is 8.73. The molecule has 2 aliphatic heterocycles. The molecule has 2 aromatic rings. The van der Waals surface area contributed by atoms with Gasteiger partial charge in [-0.3, -0.25) is 9.58 Å². The molecule has 140 valence electrons. The van der Waals surface area contributed by atoms with Crippen molar-refractivity contribution in [2.45, 2.75) is 31.6 Å². The second kappa shape index (κ2) is 6.83. The average Bonchev–Trinajstić information content (AvgIpc) is 3.13. The van der Waals surface area contributed by atoms with Gasteiger partial charge in [0, 0.05) is 31.4 Å². The van der Waals surface area contributed by atoms with Crippen LogP contribution in [0.2, 0.25) is 0 Å². The van der Waals surface area contributed by atoms with Crippen LogP contribution in [0.1, 0.15) is 30.1 Å². The van der Waals surface area contributed by atoms with Gasteiger partial charge in [0.15, 0.2) is 17.2 Å². The van der Waals surface area contributed by atoms with E-state index in [0.717, 1.165) is 55.6 Å². The number of alkyl halides is 3. The molecule has 0 radical (unpaired) electrons. The molecule has 1 aromatic carbocycles. The first kappa shape index (κ1) is 17.2. The van der Waals surface area contributed by atoms with Gasteiger partial charge in [-0.1, -0.05) is 12.1 Å². The molecule has 1 aromatic heterocycles. The molecule has 0 aliphatic carbocycles. The molecule has 2 aliphatic rings. The molecule has 0 amide bonds. The standard InChI is InChI=1S/C18H20F3N3O2/c19-18(20,21)16-6-9-24(22-16)14-4-7-23(8-5-14)12-13-2-1-3-15-17(13)26-11-10-25-15/h1-3,6,9,14H,4-5,7-8,10-12H2. The largest absolute Gasteiger partial charge is 0.486 e. The van der Waals surface area contributed by atoms with Gasteiger partial charge < -0.3 is 9.47 Å². The van der Waals surface area contributed by atoms with Gasteiger partial charge in [-0.2, -0.15) is 18.3 Å². The van der Waals surface area contributed by atoms with Gasteiger partial charge in [-0.05, 0) is 25.0 Å². The van der Waals surface area contributed by atoms with Crippen LogP contribution in [0, 0.1) is 0 Å². The normalized spacial score (nSPS) is 18.9. The van der Waals surface area contributed by atoms with Crippen molar-refractivity contribution in [3.8, 4) is 11.5 Å². The maximum Gasteiger partial charge on any atom is 0.435 e. The van der Waals surface area contributed by atoms with Crippen molar-refractivity contribution in [1.29, 1.82) is 0 Å². The highest BCUT2D eigenvalue weighted by Crippen LogP contribution is 2.35. The number of rotatable bonds is 3. The van der Waals surface area contributed by atoms with E-state index in [0.29, 0.717) is 13.2 Å². The number of para-hydroxylation sites is 1. The zero-order valence-electron chi connectivity index (χ0n) is 14.2. The number of benzene rings is 1. The molecular formula is C18H20F3N3O2. The number of fused-ring (bicyclic) bond motifs is 1. The Morgan fingerprint density at radius 2 is 1.85 bits per heavy atom. The highest BCUT2D eigenvalue weighted by Gasteiger charge is 2.34. The minimum atomic E-state index is -4.39. The fourth-order valence-electron chi connectivity index (χ4n) is 3.53. The van der Waals surface area contributed by atoms with Crippen LogP contribution in [0.3, 0.4) is 0 Å². The Morgan fingerprint density at radius 3 is 2.58 bits per heavy atom. The maximum atomic E-state index is 12.7. The molecule has 4 rings (SSSR count). The number of aromatic nitrogens is 2. The van der Waals surface area contributed by atoms with Crippen LogP contribution < -0.4 is 9.47 Å². The molecular weight excluding hydrogens is 347 g/mol. The summed E-state index contributed by atoms with van der Waals surface area (Å²) in [6.07, 6.45) is -1.42. The summed E-state index contributed by atoms with van der Waals surface area (Å²) in [6.45, 7) is 3.46. The summed E-state index contributed by atoms with van der Waals surface area (Å²) in [5.74, 6) is 1.59. The summed E-state index contributed by atoms with van der Waals surface area (Å²) in [7, 11) is 0. The number of nitrogens with zero attached hydrogens (tertiary/aromatic N) is 3. The Kier molecular flexibility index (Phi) is 4.52. The SMILES string of the molecule is FC(F)(F)c1ccn(C2CCN(Cc3cccc4c3OCCO4)CC2)n1. The molecule has 0 unspecified atom stereocenters. The second-order valence-corrected chi connectivity index (χ2v) is 6.63. The first-order valence-electron chi connectivity index (χ1n) is 8.73. The topological polar surface area (TPSA) is 39.5 Å². The van der Waals surface area contributed by atoms with E-state index in [9.17, 15) is 13.2 Å².